The lowest BCUT2D eigenvalue weighted by atomic mass is 10.2. The van der Waals surface area contributed by atoms with Crippen molar-refractivity contribution < 1.29 is 9.53 Å². The monoisotopic (exact) mass is 139 g/mol. The van der Waals surface area contributed by atoms with Crippen LogP contribution in [-0.4, -0.2) is 12.4 Å². The number of rotatable bonds is 1. The lowest BCUT2D eigenvalue weighted by Crippen LogP contribution is -1.98. The quantitative estimate of drug-likeness (QED) is 0.405. The first-order chi connectivity index (χ1) is 4.75. The number of allylic oxidation sites excluding steroid dienone is 1. The largest absolute Gasteiger partial charge is 0.410 e. The first-order valence-corrected chi connectivity index (χ1v) is 3.19. The van der Waals surface area contributed by atoms with E-state index in [1.54, 1.807) is 0 Å². The van der Waals surface area contributed by atoms with Gasteiger partial charge in [-0.15, -0.1) is 0 Å². The zero-order valence-electron chi connectivity index (χ0n) is 6.05. The molecule has 1 aliphatic heterocycles. The van der Waals surface area contributed by atoms with Crippen LogP contribution in [0.3, 0.4) is 0 Å². The molecule has 0 aromatic heterocycles. The Morgan fingerprint density at radius 3 is 2.90 bits per heavy atom. The van der Waals surface area contributed by atoms with Crippen LogP contribution in [0.1, 0.15) is 20.3 Å². The van der Waals surface area contributed by atoms with Crippen molar-refractivity contribution in [1.82, 2.24) is 0 Å². The molecule has 0 spiro atoms. The summed E-state index contributed by atoms with van der Waals surface area (Å²) in [5, 5.41) is 0. The summed E-state index contributed by atoms with van der Waals surface area (Å²) < 4.78 is 4.50. The minimum atomic E-state index is -0.334. The molecule has 0 N–H and O–H groups in total. The molecular weight excluding hydrogens is 130 g/mol. The second-order valence-electron chi connectivity index (χ2n) is 2.12. The Balaban J connectivity index is 2.90. The predicted octanol–water partition coefficient (Wildman–Crippen LogP) is 1.26. The molecule has 10 heavy (non-hydrogen) atoms. The van der Waals surface area contributed by atoms with Crippen molar-refractivity contribution in [2.75, 3.05) is 0 Å². The van der Waals surface area contributed by atoms with Crippen molar-refractivity contribution in [3.8, 4) is 0 Å². The van der Waals surface area contributed by atoms with Gasteiger partial charge in [0, 0.05) is 0 Å². The lowest BCUT2D eigenvalue weighted by Gasteiger charge is -1.94. The number of aliphatic imine (C=N–C) groups is 1. The summed E-state index contributed by atoms with van der Waals surface area (Å²) >= 11 is 0. The van der Waals surface area contributed by atoms with E-state index < -0.39 is 0 Å². The van der Waals surface area contributed by atoms with E-state index >= 15 is 0 Å². The molecule has 0 saturated carbocycles. The Kier molecular flexibility index (Phi) is 1.85. The first-order valence-electron chi connectivity index (χ1n) is 3.19. The smallest absolute Gasteiger partial charge is 0.363 e. The summed E-state index contributed by atoms with van der Waals surface area (Å²) in [6.07, 6.45) is 2.01. The van der Waals surface area contributed by atoms with Crippen LogP contribution in [0.25, 0.3) is 0 Å². The maximum absolute atomic E-state index is 10.8. The van der Waals surface area contributed by atoms with E-state index in [0.29, 0.717) is 5.70 Å². The van der Waals surface area contributed by atoms with Crippen LogP contribution in [0.5, 0.6) is 0 Å². The fraction of sp³-hybridized carbons (Fsp3) is 0.429. The van der Waals surface area contributed by atoms with E-state index in [4.69, 9.17) is 0 Å². The van der Waals surface area contributed by atoms with Gasteiger partial charge < -0.3 is 4.74 Å². The molecule has 0 aromatic carbocycles. The fourth-order valence-corrected chi connectivity index (χ4v) is 0.687. The molecule has 0 aliphatic carbocycles. The van der Waals surface area contributed by atoms with Gasteiger partial charge in [0.1, 0.15) is 0 Å². The van der Waals surface area contributed by atoms with Gasteiger partial charge in [0.25, 0.3) is 0 Å². The molecule has 0 atom stereocenters. The minimum absolute atomic E-state index is 0.334. The summed E-state index contributed by atoms with van der Waals surface area (Å²) in [4.78, 5) is 14.5. The molecule has 0 unspecified atom stereocenters. The second kappa shape index (κ2) is 2.64. The maximum atomic E-state index is 10.8. The molecule has 3 nitrogen and oxygen atoms in total. The Morgan fingerprint density at radius 1 is 1.80 bits per heavy atom. The number of carbonyl (C=O) groups excluding carboxylic acids is 1. The maximum Gasteiger partial charge on any atom is 0.363 e. The Labute approximate surface area is 59.4 Å². The van der Waals surface area contributed by atoms with Crippen molar-refractivity contribution in [1.29, 1.82) is 0 Å². The molecule has 1 heterocycles. The van der Waals surface area contributed by atoms with Gasteiger partial charge in [-0.1, -0.05) is 6.92 Å². The van der Waals surface area contributed by atoms with Gasteiger partial charge in [0.2, 0.25) is 0 Å². The number of nitrogens with zero attached hydrogens (tertiary/aromatic N) is 1. The lowest BCUT2D eigenvalue weighted by molar-refractivity contribution is -0.129. The second-order valence-corrected chi connectivity index (χ2v) is 2.12. The van der Waals surface area contributed by atoms with E-state index in [-0.39, 0.29) is 5.97 Å². The third-order valence-electron chi connectivity index (χ3n) is 1.47. The van der Waals surface area contributed by atoms with Gasteiger partial charge in [-0.3, -0.25) is 0 Å². The third kappa shape index (κ3) is 1.07. The molecule has 0 amide bonds. The number of cyclic esters (lactones) is 1. The summed E-state index contributed by atoms with van der Waals surface area (Å²) in [6.45, 7) is 3.85. The van der Waals surface area contributed by atoms with E-state index in [1.165, 1.54) is 6.40 Å². The van der Waals surface area contributed by atoms with Gasteiger partial charge in [-0.05, 0) is 18.9 Å². The number of carbonyl (C=O) groups is 1. The van der Waals surface area contributed by atoms with Crippen molar-refractivity contribution in [3.63, 3.8) is 0 Å². The van der Waals surface area contributed by atoms with Crippen molar-refractivity contribution in [2.24, 2.45) is 4.99 Å². The van der Waals surface area contributed by atoms with Gasteiger partial charge >= 0.3 is 5.97 Å². The highest BCUT2D eigenvalue weighted by Crippen LogP contribution is 2.13. The molecule has 3 heteroatoms. The zero-order chi connectivity index (χ0) is 7.56. The summed E-state index contributed by atoms with van der Waals surface area (Å²) in [7, 11) is 0. The zero-order valence-corrected chi connectivity index (χ0v) is 6.05. The topological polar surface area (TPSA) is 38.7 Å². The minimum Gasteiger partial charge on any atom is -0.410 e. The molecule has 0 aromatic rings. The van der Waals surface area contributed by atoms with Crippen LogP contribution in [0, 0.1) is 0 Å². The summed E-state index contributed by atoms with van der Waals surface area (Å²) in [5.74, 6) is -0.334. The molecule has 0 saturated heterocycles. The third-order valence-corrected chi connectivity index (χ3v) is 1.47. The van der Waals surface area contributed by atoms with Gasteiger partial charge in [-0.2, -0.15) is 0 Å². The highest BCUT2D eigenvalue weighted by atomic mass is 16.5. The number of esters is 1. The average Bonchev–Trinajstić information content (AvgIpc) is 2.34. The van der Waals surface area contributed by atoms with Crippen LogP contribution in [0.4, 0.5) is 0 Å². The van der Waals surface area contributed by atoms with Crippen molar-refractivity contribution in [2.45, 2.75) is 20.3 Å². The van der Waals surface area contributed by atoms with Crippen LogP contribution >= 0.6 is 0 Å². The number of ether oxygens (including phenoxy) is 1. The number of hydrogen-bond acceptors (Lipinski definition) is 3. The molecule has 0 bridgehead atoms. The molecule has 0 fully saturated rings. The standard InChI is InChI=1S/C7H9NO2/c1-3-5(2)6-7(9)10-4-8-6/h4H,3H2,1-2H3. The number of hydrogen-bond donors (Lipinski definition) is 0. The summed E-state index contributed by atoms with van der Waals surface area (Å²) in [6, 6.07) is 0. The van der Waals surface area contributed by atoms with Crippen LogP contribution < -0.4 is 0 Å². The van der Waals surface area contributed by atoms with Crippen molar-refractivity contribution in [3.05, 3.63) is 11.3 Å². The molecule has 1 aliphatic rings. The molecule has 0 radical (unpaired) electrons. The highest BCUT2D eigenvalue weighted by molar-refractivity contribution is 5.98. The first kappa shape index (κ1) is 6.99. The predicted molar refractivity (Wildman–Crippen MR) is 37.6 cm³/mol. The fourth-order valence-electron chi connectivity index (χ4n) is 0.687. The Hall–Kier alpha value is -1.12. The SMILES string of the molecule is CCC(C)=C1N=COC1=O. The van der Waals surface area contributed by atoms with Crippen molar-refractivity contribution >= 4 is 12.4 Å². The molecule has 1 rings (SSSR count). The van der Waals surface area contributed by atoms with Crippen LogP contribution in [0.15, 0.2) is 16.3 Å². The highest BCUT2D eigenvalue weighted by Gasteiger charge is 2.16. The van der Waals surface area contributed by atoms with Gasteiger partial charge in [-0.25, -0.2) is 9.79 Å². The molecule has 54 valence electrons. The van der Waals surface area contributed by atoms with Gasteiger partial charge in [0.05, 0.1) is 0 Å². The Bertz CT molecular complexity index is 216. The Morgan fingerprint density at radius 2 is 2.50 bits per heavy atom. The normalized spacial score (nSPS) is 21.2. The van der Waals surface area contributed by atoms with E-state index in [1.807, 2.05) is 13.8 Å². The van der Waals surface area contributed by atoms with E-state index in [9.17, 15) is 4.79 Å². The van der Waals surface area contributed by atoms with Crippen LogP contribution in [0.2, 0.25) is 0 Å². The van der Waals surface area contributed by atoms with E-state index in [0.717, 1.165) is 12.0 Å². The van der Waals surface area contributed by atoms with Gasteiger partial charge in [0.15, 0.2) is 12.1 Å². The van der Waals surface area contributed by atoms with E-state index in [2.05, 4.69) is 9.73 Å². The average molecular weight is 139 g/mol. The molecular formula is C7H9NO2. The summed E-state index contributed by atoms with van der Waals surface area (Å²) in [5.41, 5.74) is 1.43. The van der Waals surface area contributed by atoms with Crippen LogP contribution in [-0.2, 0) is 9.53 Å².